The van der Waals surface area contributed by atoms with Crippen molar-refractivity contribution in [3.63, 3.8) is 0 Å². The van der Waals surface area contributed by atoms with Gasteiger partial charge in [-0.25, -0.2) is 9.78 Å². The number of hydrogen-bond acceptors (Lipinski definition) is 5. The molecule has 150 valence electrons. The van der Waals surface area contributed by atoms with Gasteiger partial charge in [-0.2, -0.15) is 0 Å². The number of rotatable bonds is 3. The summed E-state index contributed by atoms with van der Waals surface area (Å²) in [5.74, 6) is -0.167. The molecule has 28 heavy (non-hydrogen) atoms. The van der Waals surface area contributed by atoms with Crippen LogP contribution in [0.5, 0.6) is 0 Å². The predicted molar refractivity (Wildman–Crippen MR) is 105 cm³/mol. The van der Waals surface area contributed by atoms with E-state index in [-0.39, 0.29) is 24.1 Å². The first-order valence-electron chi connectivity index (χ1n) is 9.33. The van der Waals surface area contributed by atoms with E-state index in [4.69, 9.17) is 4.74 Å². The number of carbonyl (C=O) groups excluding carboxylic acids is 2. The molecule has 1 aromatic carbocycles. The fraction of sp³-hybridized carbons (Fsp3) is 0.500. The van der Waals surface area contributed by atoms with E-state index in [2.05, 4.69) is 4.98 Å². The van der Waals surface area contributed by atoms with Crippen LogP contribution in [0.4, 0.5) is 4.79 Å². The summed E-state index contributed by atoms with van der Waals surface area (Å²) in [7, 11) is 1.68. The summed E-state index contributed by atoms with van der Waals surface area (Å²) in [5.41, 5.74) is -0.194. The van der Waals surface area contributed by atoms with E-state index in [0.717, 1.165) is 0 Å². The lowest BCUT2D eigenvalue weighted by molar-refractivity contribution is -0.131. The molecule has 0 spiro atoms. The molecule has 1 fully saturated rings. The monoisotopic (exact) mass is 386 g/mol. The van der Waals surface area contributed by atoms with Crippen LogP contribution in [0.15, 0.2) is 35.4 Å². The first-order chi connectivity index (χ1) is 13.2. The molecular weight excluding hydrogens is 360 g/mol. The molecule has 1 aromatic heterocycles. The van der Waals surface area contributed by atoms with Gasteiger partial charge >= 0.3 is 6.09 Å². The van der Waals surface area contributed by atoms with Crippen LogP contribution in [-0.2, 0) is 16.1 Å². The van der Waals surface area contributed by atoms with Crippen LogP contribution in [0.3, 0.4) is 0 Å². The van der Waals surface area contributed by atoms with Gasteiger partial charge in [0.2, 0.25) is 5.91 Å². The molecule has 2 heterocycles. The van der Waals surface area contributed by atoms with Crippen LogP contribution in [-0.4, -0.2) is 63.1 Å². The fourth-order valence-corrected chi connectivity index (χ4v) is 3.23. The summed E-state index contributed by atoms with van der Waals surface area (Å²) in [4.78, 5) is 44.9. The van der Waals surface area contributed by atoms with Crippen molar-refractivity contribution in [2.45, 2.75) is 45.4 Å². The smallest absolute Gasteiger partial charge is 0.410 e. The largest absolute Gasteiger partial charge is 0.444 e. The average molecular weight is 386 g/mol. The molecule has 1 atom stereocenters. The molecule has 8 heteroatoms. The molecule has 8 nitrogen and oxygen atoms in total. The highest BCUT2D eigenvalue weighted by Crippen LogP contribution is 2.18. The Morgan fingerprint density at radius 2 is 2.00 bits per heavy atom. The van der Waals surface area contributed by atoms with Crippen molar-refractivity contribution in [3.05, 3.63) is 40.9 Å². The molecule has 0 unspecified atom stereocenters. The zero-order valence-corrected chi connectivity index (χ0v) is 16.7. The Morgan fingerprint density at radius 3 is 2.71 bits per heavy atom. The number of amides is 2. The van der Waals surface area contributed by atoms with Crippen LogP contribution in [0.25, 0.3) is 10.9 Å². The molecule has 3 rings (SSSR count). The minimum atomic E-state index is -0.566. The van der Waals surface area contributed by atoms with E-state index in [0.29, 0.717) is 30.4 Å². The second kappa shape index (κ2) is 7.61. The van der Waals surface area contributed by atoms with Gasteiger partial charge in [0.1, 0.15) is 12.1 Å². The lowest BCUT2D eigenvalue weighted by Gasteiger charge is -2.28. The topological polar surface area (TPSA) is 84.7 Å². The maximum absolute atomic E-state index is 12.7. The minimum Gasteiger partial charge on any atom is -0.444 e. The number of benzene rings is 1. The number of carbonyl (C=O) groups is 2. The zero-order valence-electron chi connectivity index (χ0n) is 16.7. The average Bonchev–Trinajstić information content (AvgIpc) is 3.12. The number of hydrogen-bond donors (Lipinski definition) is 0. The Labute approximate surface area is 163 Å². The summed E-state index contributed by atoms with van der Waals surface area (Å²) in [6.45, 7) is 6.34. The van der Waals surface area contributed by atoms with Crippen LogP contribution >= 0.6 is 0 Å². The van der Waals surface area contributed by atoms with Gasteiger partial charge in [-0.1, -0.05) is 12.1 Å². The predicted octanol–water partition coefficient (Wildman–Crippen LogP) is 1.86. The first-order valence-corrected chi connectivity index (χ1v) is 9.33. The third kappa shape index (κ3) is 4.32. The van der Waals surface area contributed by atoms with E-state index in [1.165, 1.54) is 10.9 Å². The van der Waals surface area contributed by atoms with Crippen molar-refractivity contribution in [2.75, 3.05) is 20.1 Å². The normalized spacial score (nSPS) is 17.0. The van der Waals surface area contributed by atoms with Gasteiger partial charge in [0, 0.05) is 20.1 Å². The number of fused-ring (bicyclic) bond motifs is 1. The number of ether oxygens (including phenoxy) is 1. The Kier molecular flexibility index (Phi) is 5.40. The standard InChI is InChI=1S/C20H26N4O4/c1-20(2,3)28-19(27)22(4)14-9-10-23(11-14)17(25)12-24-13-21-16-8-6-5-7-15(16)18(24)26/h5-8,13-14H,9-12H2,1-4H3/t14-/m0/s1. The third-order valence-corrected chi connectivity index (χ3v) is 4.78. The van der Waals surface area contributed by atoms with Gasteiger partial charge in [0.25, 0.3) is 5.56 Å². The van der Waals surface area contributed by atoms with E-state index in [9.17, 15) is 14.4 Å². The summed E-state index contributed by atoms with van der Waals surface area (Å²) in [6.07, 6.45) is 1.68. The van der Waals surface area contributed by atoms with Crippen molar-refractivity contribution in [3.8, 4) is 0 Å². The van der Waals surface area contributed by atoms with E-state index in [1.807, 2.05) is 26.8 Å². The second-order valence-corrected chi connectivity index (χ2v) is 8.07. The lowest BCUT2D eigenvalue weighted by atomic mass is 10.2. The van der Waals surface area contributed by atoms with Crippen LogP contribution in [0, 0.1) is 0 Å². The van der Waals surface area contributed by atoms with Crippen LogP contribution in [0.1, 0.15) is 27.2 Å². The number of nitrogens with zero attached hydrogens (tertiary/aromatic N) is 4. The van der Waals surface area contributed by atoms with Crippen molar-refractivity contribution >= 4 is 22.9 Å². The SMILES string of the molecule is CN(C(=O)OC(C)(C)C)[C@H]1CCN(C(=O)Cn2cnc3ccccc3c2=O)C1. The van der Waals surface area contributed by atoms with Gasteiger partial charge < -0.3 is 14.5 Å². The van der Waals surface area contributed by atoms with E-state index >= 15 is 0 Å². The molecular formula is C20H26N4O4. The molecule has 1 saturated heterocycles. The number of para-hydroxylation sites is 1. The van der Waals surface area contributed by atoms with Crippen molar-refractivity contribution in [2.24, 2.45) is 0 Å². The minimum absolute atomic E-state index is 0.0699. The van der Waals surface area contributed by atoms with Crippen LogP contribution in [0.2, 0.25) is 0 Å². The van der Waals surface area contributed by atoms with Gasteiger partial charge in [-0.15, -0.1) is 0 Å². The van der Waals surface area contributed by atoms with Crippen molar-refractivity contribution < 1.29 is 14.3 Å². The molecule has 0 radical (unpaired) electrons. The molecule has 2 aromatic rings. The fourth-order valence-electron chi connectivity index (χ4n) is 3.23. The summed E-state index contributed by atoms with van der Waals surface area (Å²) in [5, 5.41) is 0.488. The Balaban J connectivity index is 1.64. The molecule has 2 amide bonds. The quantitative estimate of drug-likeness (QED) is 0.804. The molecule has 0 aliphatic carbocycles. The number of aromatic nitrogens is 2. The van der Waals surface area contributed by atoms with E-state index in [1.54, 1.807) is 35.0 Å². The Morgan fingerprint density at radius 1 is 1.29 bits per heavy atom. The Bertz CT molecular complexity index is 947. The zero-order chi connectivity index (χ0) is 20.5. The highest BCUT2D eigenvalue weighted by molar-refractivity contribution is 5.79. The maximum atomic E-state index is 12.7. The summed E-state index contributed by atoms with van der Waals surface area (Å²) < 4.78 is 6.72. The Hall–Kier alpha value is -2.90. The van der Waals surface area contributed by atoms with Gasteiger partial charge in [0.15, 0.2) is 0 Å². The number of likely N-dealkylation sites (N-methyl/N-ethyl adjacent to an activating group) is 1. The highest BCUT2D eigenvalue weighted by atomic mass is 16.6. The van der Waals surface area contributed by atoms with Gasteiger partial charge in [0.05, 0.1) is 23.3 Å². The third-order valence-electron chi connectivity index (χ3n) is 4.78. The maximum Gasteiger partial charge on any atom is 0.410 e. The molecule has 1 aliphatic rings. The second-order valence-electron chi connectivity index (χ2n) is 8.07. The summed E-state index contributed by atoms with van der Waals surface area (Å²) in [6, 6.07) is 6.95. The molecule has 0 bridgehead atoms. The van der Waals surface area contributed by atoms with Gasteiger partial charge in [-0.05, 0) is 39.3 Å². The first kappa shape index (κ1) is 19.9. The van der Waals surface area contributed by atoms with Gasteiger partial charge in [-0.3, -0.25) is 14.2 Å². The van der Waals surface area contributed by atoms with E-state index < -0.39 is 11.7 Å². The number of likely N-dealkylation sites (tertiary alicyclic amines) is 1. The molecule has 0 saturated carbocycles. The van der Waals surface area contributed by atoms with Crippen molar-refractivity contribution in [1.29, 1.82) is 0 Å². The lowest BCUT2D eigenvalue weighted by Crippen LogP contribution is -2.43. The summed E-state index contributed by atoms with van der Waals surface area (Å²) >= 11 is 0. The molecule has 0 N–H and O–H groups in total. The van der Waals surface area contributed by atoms with Crippen LogP contribution < -0.4 is 5.56 Å². The van der Waals surface area contributed by atoms with Crippen molar-refractivity contribution in [1.82, 2.24) is 19.4 Å². The molecule has 1 aliphatic heterocycles. The highest BCUT2D eigenvalue weighted by Gasteiger charge is 2.33.